The van der Waals surface area contributed by atoms with Gasteiger partial charge in [-0.25, -0.2) is 0 Å². The molecule has 1 atom stereocenters. The van der Waals surface area contributed by atoms with E-state index in [2.05, 4.69) is 203 Å². The van der Waals surface area contributed by atoms with Crippen molar-refractivity contribution in [2.45, 2.75) is 239 Å². The Kier molecular flexibility index (Phi) is 59.5. The van der Waals surface area contributed by atoms with Gasteiger partial charge >= 0.3 is 17.9 Å². The van der Waals surface area contributed by atoms with E-state index in [1.807, 2.05) is 0 Å². The van der Waals surface area contributed by atoms with Crippen LogP contribution in [0.4, 0.5) is 0 Å². The quantitative estimate of drug-likeness (QED) is 0.0261. The van der Waals surface area contributed by atoms with Gasteiger partial charge in [0, 0.05) is 19.3 Å². The molecule has 0 heterocycles. The molecule has 0 bridgehead atoms. The average Bonchev–Trinajstić information content (AvgIpc) is 3.44. The van der Waals surface area contributed by atoms with Crippen LogP contribution in [0.25, 0.3) is 0 Å². The van der Waals surface area contributed by atoms with E-state index in [4.69, 9.17) is 14.2 Å². The normalized spacial score (nSPS) is 13.4. The lowest BCUT2D eigenvalue weighted by Crippen LogP contribution is -2.30. The maximum atomic E-state index is 12.9. The van der Waals surface area contributed by atoms with Gasteiger partial charge in [-0.3, -0.25) is 14.4 Å². The largest absolute Gasteiger partial charge is 0.462 e. The first-order valence-corrected chi connectivity index (χ1v) is 30.8. The van der Waals surface area contributed by atoms with Crippen LogP contribution in [-0.2, 0) is 28.6 Å². The van der Waals surface area contributed by atoms with Gasteiger partial charge in [-0.2, -0.15) is 0 Å². The fourth-order valence-corrected chi connectivity index (χ4v) is 7.57. The molecule has 0 aliphatic rings. The molecule has 0 aliphatic heterocycles. The number of unbranched alkanes of at least 4 members (excludes halogenated alkanes) is 12. The van der Waals surface area contributed by atoms with Crippen molar-refractivity contribution in [2.75, 3.05) is 13.2 Å². The third kappa shape index (κ3) is 61.4. The molecule has 0 fully saturated rings. The minimum absolute atomic E-state index is 0.123. The van der Waals surface area contributed by atoms with Crippen LogP contribution in [0.3, 0.4) is 0 Å². The van der Waals surface area contributed by atoms with Crippen LogP contribution in [0.15, 0.2) is 182 Å². The van der Waals surface area contributed by atoms with E-state index in [9.17, 15) is 14.4 Å². The highest BCUT2D eigenvalue weighted by atomic mass is 16.6. The lowest BCUT2D eigenvalue weighted by Gasteiger charge is -2.18. The van der Waals surface area contributed by atoms with Crippen molar-refractivity contribution in [3.8, 4) is 0 Å². The molecule has 0 aromatic heterocycles. The predicted molar refractivity (Wildman–Crippen MR) is 338 cm³/mol. The molecule has 0 aliphatic carbocycles. The third-order valence-electron chi connectivity index (χ3n) is 12.1. The van der Waals surface area contributed by atoms with E-state index in [-0.39, 0.29) is 44.0 Å². The highest BCUT2D eigenvalue weighted by Gasteiger charge is 2.19. The molecule has 78 heavy (non-hydrogen) atoms. The van der Waals surface area contributed by atoms with Crippen LogP contribution in [0.5, 0.6) is 0 Å². The second-order valence-corrected chi connectivity index (χ2v) is 19.5. The van der Waals surface area contributed by atoms with E-state index >= 15 is 0 Å². The number of carbonyl (C=O) groups is 3. The molecule has 0 N–H and O–H groups in total. The maximum absolute atomic E-state index is 12.9. The first-order chi connectivity index (χ1) is 38.5. The minimum Gasteiger partial charge on any atom is -0.462 e. The summed E-state index contributed by atoms with van der Waals surface area (Å²) in [6.45, 7) is 6.27. The molecule has 6 heteroatoms. The molecular weight excluding hydrogens is 961 g/mol. The van der Waals surface area contributed by atoms with Crippen molar-refractivity contribution in [3.63, 3.8) is 0 Å². The molecule has 6 nitrogen and oxygen atoms in total. The lowest BCUT2D eigenvalue weighted by molar-refractivity contribution is -0.167. The van der Waals surface area contributed by atoms with Gasteiger partial charge < -0.3 is 14.2 Å². The number of allylic oxidation sites excluding steroid dienone is 30. The van der Waals surface area contributed by atoms with Crippen LogP contribution in [0.2, 0.25) is 0 Å². The van der Waals surface area contributed by atoms with Crippen LogP contribution < -0.4 is 0 Å². The van der Waals surface area contributed by atoms with Crippen molar-refractivity contribution in [3.05, 3.63) is 182 Å². The Morgan fingerprint density at radius 3 is 0.833 bits per heavy atom. The zero-order chi connectivity index (χ0) is 56.4. The van der Waals surface area contributed by atoms with Gasteiger partial charge in [0.05, 0.1) is 0 Å². The van der Waals surface area contributed by atoms with Gasteiger partial charge in [-0.15, -0.1) is 0 Å². The zero-order valence-electron chi connectivity index (χ0n) is 49.6. The maximum Gasteiger partial charge on any atom is 0.306 e. The third-order valence-corrected chi connectivity index (χ3v) is 12.1. The van der Waals surface area contributed by atoms with Crippen LogP contribution in [0, 0.1) is 0 Å². The molecule has 0 spiro atoms. The topological polar surface area (TPSA) is 78.9 Å². The Morgan fingerprint density at radius 1 is 0.269 bits per heavy atom. The minimum atomic E-state index is -0.832. The summed E-state index contributed by atoms with van der Waals surface area (Å²) in [7, 11) is 0. The van der Waals surface area contributed by atoms with E-state index in [0.717, 1.165) is 167 Å². The number of carbonyl (C=O) groups excluding carboxylic acids is 3. The molecule has 0 saturated carbocycles. The monoisotopic (exact) mass is 1070 g/mol. The highest BCUT2D eigenvalue weighted by molar-refractivity contribution is 5.71. The molecule has 0 radical (unpaired) electrons. The fourth-order valence-electron chi connectivity index (χ4n) is 7.57. The van der Waals surface area contributed by atoms with Crippen molar-refractivity contribution in [2.24, 2.45) is 0 Å². The Hall–Kier alpha value is -5.49. The van der Waals surface area contributed by atoms with Gasteiger partial charge in [0.1, 0.15) is 13.2 Å². The summed E-state index contributed by atoms with van der Waals surface area (Å²) in [4.78, 5) is 38.2. The number of esters is 3. The van der Waals surface area contributed by atoms with Crippen LogP contribution in [-0.4, -0.2) is 37.2 Å². The van der Waals surface area contributed by atoms with Crippen molar-refractivity contribution < 1.29 is 28.6 Å². The summed E-state index contributed by atoms with van der Waals surface area (Å²) >= 11 is 0. The number of rotatable bonds is 53. The summed E-state index contributed by atoms with van der Waals surface area (Å²) in [5, 5.41) is 0. The summed E-state index contributed by atoms with van der Waals surface area (Å²) in [5.41, 5.74) is 0. The van der Waals surface area contributed by atoms with E-state index in [0.29, 0.717) is 12.8 Å². The van der Waals surface area contributed by atoms with Gasteiger partial charge in [-0.1, -0.05) is 248 Å². The molecule has 0 saturated heterocycles. The van der Waals surface area contributed by atoms with E-state index < -0.39 is 6.10 Å². The van der Waals surface area contributed by atoms with E-state index in [1.165, 1.54) is 19.3 Å². The van der Waals surface area contributed by atoms with Gasteiger partial charge in [0.2, 0.25) is 0 Å². The van der Waals surface area contributed by atoms with Crippen LogP contribution >= 0.6 is 0 Å². The van der Waals surface area contributed by atoms with Gasteiger partial charge in [-0.05, 0) is 148 Å². The Bertz CT molecular complexity index is 1850. The summed E-state index contributed by atoms with van der Waals surface area (Å²) < 4.78 is 16.8. The van der Waals surface area contributed by atoms with Crippen LogP contribution in [0.1, 0.15) is 233 Å². The molecule has 0 aromatic rings. The number of ether oxygens (including phenoxy) is 3. The SMILES string of the molecule is CC/C=C\C/C=C\C/C=C\C/C=C\C/C=C\C/C=C\C/C=C\C/C=C\C/C=C\CCCC(=O)OCC(COC(=O)CCCCCCC/C=C\C/C=C\CCCC)OC(=O)CCCCCC/C=C\C/C=C\C/C=C\C/C=C\CC. The average molecular weight is 1070 g/mol. The smallest absolute Gasteiger partial charge is 0.306 e. The number of hydrogen-bond donors (Lipinski definition) is 0. The van der Waals surface area contributed by atoms with Gasteiger partial charge in [0.15, 0.2) is 6.10 Å². The highest BCUT2D eigenvalue weighted by Crippen LogP contribution is 2.12. The first kappa shape index (κ1) is 72.5. The molecule has 1 unspecified atom stereocenters. The summed E-state index contributed by atoms with van der Waals surface area (Å²) in [5.74, 6) is -1.03. The van der Waals surface area contributed by atoms with Crippen molar-refractivity contribution >= 4 is 17.9 Å². The Morgan fingerprint density at radius 2 is 0.513 bits per heavy atom. The molecule has 0 rings (SSSR count). The summed E-state index contributed by atoms with van der Waals surface area (Å²) in [6.07, 6.45) is 96.1. The predicted octanol–water partition coefficient (Wildman–Crippen LogP) is 21.3. The standard InChI is InChI=1S/C72H110O6/c1-4-7-10-13-16-19-22-25-28-30-31-32-33-34-35-36-37-38-39-40-41-43-44-47-50-53-56-59-62-65-71(74)77-68-69(67-76-70(73)64-61-58-55-52-49-46-27-24-21-18-15-12-9-6-3)78-72(75)66-63-60-57-54-51-48-45-42-29-26-23-20-17-14-11-8-5-2/h7-8,10-11,15-20,24-29,31-32,34-35,37-38,40-41,44-45,47-48,53,56,69H,4-6,9,12-14,21-23,30,33,36,39,42-43,46,49-52,54-55,57-68H2,1-3H3/b10-7-,11-8-,18-15-,19-16-,20-17-,27-24-,28-25-,29-26-,32-31-,35-34-,38-37-,41-40-,47-44-,48-45-,56-53-. The second-order valence-electron chi connectivity index (χ2n) is 19.5. The Balaban J connectivity index is 4.52. The molecule has 0 aromatic carbocycles. The molecular formula is C72H110O6. The fraction of sp³-hybridized carbons (Fsp3) is 0.542. The lowest BCUT2D eigenvalue weighted by atomic mass is 10.1. The van der Waals surface area contributed by atoms with Crippen molar-refractivity contribution in [1.82, 2.24) is 0 Å². The summed E-state index contributed by atoms with van der Waals surface area (Å²) in [6, 6.07) is 0. The molecule has 434 valence electrons. The Labute approximate surface area is 478 Å². The van der Waals surface area contributed by atoms with E-state index in [1.54, 1.807) is 0 Å². The van der Waals surface area contributed by atoms with Gasteiger partial charge in [0.25, 0.3) is 0 Å². The first-order valence-electron chi connectivity index (χ1n) is 30.8. The second kappa shape index (κ2) is 64.0. The number of hydrogen-bond acceptors (Lipinski definition) is 6. The molecule has 0 amide bonds. The zero-order valence-corrected chi connectivity index (χ0v) is 49.6. The van der Waals surface area contributed by atoms with Crippen molar-refractivity contribution in [1.29, 1.82) is 0 Å².